The second-order valence-corrected chi connectivity index (χ2v) is 8.86. The largest absolute Gasteiger partial charge is 1.00 e. The third kappa shape index (κ3) is 4.85. The molecular weight excluding hydrogens is 394 g/mol. The summed E-state index contributed by atoms with van der Waals surface area (Å²) in [6.45, 7) is 3.21. The van der Waals surface area contributed by atoms with Gasteiger partial charge in [0.25, 0.3) is 0 Å². The molecule has 0 bridgehead atoms. The van der Waals surface area contributed by atoms with Crippen molar-refractivity contribution in [1.29, 1.82) is 0 Å². The van der Waals surface area contributed by atoms with Gasteiger partial charge < -0.3 is 27.2 Å². The normalized spacial score (nSPS) is 20.9. The number of halogens is 1. The molecule has 1 saturated heterocycles. The number of nitrogens with zero attached hydrogens (tertiary/aromatic N) is 1. The molecule has 0 amide bonds. The summed E-state index contributed by atoms with van der Waals surface area (Å²) in [5, 5.41) is 12.6. The Morgan fingerprint density at radius 2 is 1.57 bits per heavy atom. The first-order chi connectivity index (χ1) is 14.2. The fraction of sp³-hybridized carbons (Fsp3) is 0.538. The lowest BCUT2D eigenvalue weighted by atomic mass is 9.65. The van der Waals surface area contributed by atoms with E-state index in [9.17, 15) is 5.11 Å². The highest BCUT2D eigenvalue weighted by Crippen LogP contribution is 2.49. The average Bonchev–Trinajstić information content (AvgIpc) is 3.32. The van der Waals surface area contributed by atoms with E-state index in [2.05, 4.69) is 47.4 Å². The standard InChI is InChI=1S/C26H35NO2.ClH/c1-29-24-16-14-23(15-17-24)26(28,22-12-6-3-7-13-22)25(20-27-18-8-9-19-27)21-10-4-2-5-11-21;/h2,4-5,10-11,14-17,22,25,28H,3,6-9,12-13,18-20H2,1H3;1H/p-1. The minimum atomic E-state index is -0.864. The molecule has 1 heterocycles. The summed E-state index contributed by atoms with van der Waals surface area (Å²) < 4.78 is 5.39. The van der Waals surface area contributed by atoms with Gasteiger partial charge in [-0.3, -0.25) is 0 Å². The van der Waals surface area contributed by atoms with Crippen LogP contribution in [0.4, 0.5) is 0 Å². The molecule has 2 fully saturated rings. The summed E-state index contributed by atoms with van der Waals surface area (Å²) in [6.07, 6.45) is 8.47. The molecule has 30 heavy (non-hydrogen) atoms. The molecule has 2 aliphatic rings. The molecule has 3 nitrogen and oxygen atoms in total. The van der Waals surface area contributed by atoms with Crippen molar-refractivity contribution in [3.63, 3.8) is 0 Å². The van der Waals surface area contributed by atoms with Gasteiger partial charge in [-0.15, -0.1) is 0 Å². The number of benzene rings is 2. The van der Waals surface area contributed by atoms with Crippen molar-refractivity contribution in [1.82, 2.24) is 4.90 Å². The third-order valence-electron chi connectivity index (χ3n) is 7.15. The van der Waals surface area contributed by atoms with Crippen molar-refractivity contribution < 1.29 is 22.3 Å². The van der Waals surface area contributed by atoms with Crippen LogP contribution in [0, 0.1) is 5.92 Å². The fourth-order valence-corrected chi connectivity index (χ4v) is 5.53. The van der Waals surface area contributed by atoms with Crippen molar-refractivity contribution in [3.05, 3.63) is 65.7 Å². The van der Waals surface area contributed by atoms with E-state index in [1.54, 1.807) is 7.11 Å². The third-order valence-corrected chi connectivity index (χ3v) is 7.15. The van der Waals surface area contributed by atoms with Crippen molar-refractivity contribution >= 4 is 0 Å². The molecule has 164 valence electrons. The van der Waals surface area contributed by atoms with Gasteiger partial charge >= 0.3 is 0 Å². The molecule has 0 spiro atoms. The van der Waals surface area contributed by atoms with E-state index in [-0.39, 0.29) is 24.2 Å². The van der Waals surface area contributed by atoms with E-state index in [1.807, 2.05) is 12.1 Å². The first-order valence-electron chi connectivity index (χ1n) is 11.4. The van der Waals surface area contributed by atoms with Crippen LogP contribution in [0.5, 0.6) is 5.75 Å². The Bertz CT molecular complexity index is 754. The monoisotopic (exact) mass is 428 g/mol. The molecule has 2 aromatic rings. The number of methoxy groups -OCH3 is 1. The van der Waals surface area contributed by atoms with Crippen LogP contribution in [-0.2, 0) is 5.60 Å². The van der Waals surface area contributed by atoms with Crippen LogP contribution in [0.25, 0.3) is 0 Å². The Kier molecular flexibility index (Phi) is 8.21. The lowest BCUT2D eigenvalue weighted by molar-refractivity contribution is -0.0690. The molecule has 2 aromatic carbocycles. The van der Waals surface area contributed by atoms with Gasteiger partial charge in [0, 0.05) is 12.5 Å². The van der Waals surface area contributed by atoms with Gasteiger partial charge in [0.1, 0.15) is 11.4 Å². The maximum Gasteiger partial charge on any atom is 0.118 e. The second-order valence-electron chi connectivity index (χ2n) is 8.86. The van der Waals surface area contributed by atoms with Crippen LogP contribution < -0.4 is 17.1 Å². The number of ether oxygens (including phenoxy) is 1. The number of rotatable bonds is 7. The second kappa shape index (κ2) is 10.7. The summed E-state index contributed by atoms with van der Waals surface area (Å²) in [5.74, 6) is 1.20. The number of likely N-dealkylation sites (tertiary alicyclic amines) is 1. The van der Waals surface area contributed by atoms with Gasteiger partial charge in [0.15, 0.2) is 0 Å². The Hall–Kier alpha value is -1.55. The molecule has 1 N–H and O–H groups in total. The van der Waals surface area contributed by atoms with E-state index >= 15 is 0 Å². The molecule has 0 aromatic heterocycles. The highest BCUT2D eigenvalue weighted by atomic mass is 35.5. The first-order valence-corrected chi connectivity index (χ1v) is 11.4. The smallest absolute Gasteiger partial charge is 0.118 e. The molecule has 1 aliphatic carbocycles. The molecule has 2 unspecified atom stereocenters. The molecule has 1 saturated carbocycles. The Balaban J connectivity index is 0.00000256. The van der Waals surface area contributed by atoms with Gasteiger partial charge in [0.05, 0.1) is 7.11 Å². The maximum absolute atomic E-state index is 12.6. The number of hydrogen-bond acceptors (Lipinski definition) is 3. The van der Waals surface area contributed by atoms with Crippen LogP contribution in [-0.4, -0.2) is 36.8 Å². The van der Waals surface area contributed by atoms with E-state index in [0.717, 1.165) is 43.8 Å². The van der Waals surface area contributed by atoms with E-state index in [0.29, 0.717) is 0 Å². The zero-order valence-corrected chi connectivity index (χ0v) is 18.9. The summed E-state index contributed by atoms with van der Waals surface area (Å²) in [7, 11) is 1.70. The van der Waals surface area contributed by atoms with E-state index in [4.69, 9.17) is 4.74 Å². The van der Waals surface area contributed by atoms with Crippen LogP contribution in [0.15, 0.2) is 54.6 Å². The number of hydrogen-bond donors (Lipinski definition) is 1. The van der Waals surface area contributed by atoms with Gasteiger partial charge in [-0.2, -0.15) is 0 Å². The lowest BCUT2D eigenvalue weighted by Crippen LogP contribution is -3.00. The zero-order chi connectivity index (χ0) is 20.1. The van der Waals surface area contributed by atoms with Crippen molar-refractivity contribution in [3.8, 4) is 5.75 Å². The number of aliphatic hydroxyl groups is 1. The maximum atomic E-state index is 12.6. The van der Waals surface area contributed by atoms with Crippen molar-refractivity contribution in [2.24, 2.45) is 5.92 Å². The Labute approximate surface area is 187 Å². The van der Waals surface area contributed by atoms with Crippen LogP contribution in [0.3, 0.4) is 0 Å². The first kappa shape index (κ1) is 23.1. The molecular formula is C26H35ClNO2-. The zero-order valence-electron chi connectivity index (χ0n) is 18.1. The van der Waals surface area contributed by atoms with Gasteiger partial charge in [-0.25, -0.2) is 0 Å². The topological polar surface area (TPSA) is 32.7 Å². The summed E-state index contributed by atoms with van der Waals surface area (Å²) >= 11 is 0. The molecule has 4 rings (SSSR count). The summed E-state index contributed by atoms with van der Waals surface area (Å²) in [5.41, 5.74) is 1.43. The predicted molar refractivity (Wildman–Crippen MR) is 118 cm³/mol. The molecule has 1 aliphatic heterocycles. The van der Waals surface area contributed by atoms with Crippen LogP contribution >= 0.6 is 0 Å². The molecule has 2 atom stereocenters. The SMILES string of the molecule is COc1ccc(C(O)(C2CCCCC2)C(CN2CCCC2)c2ccccc2)cc1.[Cl-]. The Morgan fingerprint density at radius 3 is 2.17 bits per heavy atom. The summed E-state index contributed by atoms with van der Waals surface area (Å²) in [4.78, 5) is 2.55. The Morgan fingerprint density at radius 1 is 0.933 bits per heavy atom. The fourth-order valence-electron chi connectivity index (χ4n) is 5.53. The van der Waals surface area contributed by atoms with Gasteiger partial charge in [-0.1, -0.05) is 61.7 Å². The predicted octanol–water partition coefficient (Wildman–Crippen LogP) is 2.35. The highest BCUT2D eigenvalue weighted by Gasteiger charge is 2.46. The molecule has 0 radical (unpaired) electrons. The minimum absolute atomic E-state index is 0. The average molecular weight is 429 g/mol. The van der Waals surface area contributed by atoms with E-state index in [1.165, 1.54) is 37.7 Å². The minimum Gasteiger partial charge on any atom is -1.00 e. The quantitative estimate of drug-likeness (QED) is 0.734. The van der Waals surface area contributed by atoms with E-state index < -0.39 is 5.60 Å². The van der Waals surface area contributed by atoms with Crippen molar-refractivity contribution in [2.75, 3.05) is 26.7 Å². The lowest BCUT2D eigenvalue weighted by Gasteiger charge is -2.46. The van der Waals surface area contributed by atoms with Gasteiger partial charge in [0.2, 0.25) is 0 Å². The molecule has 4 heteroatoms. The van der Waals surface area contributed by atoms with Crippen LogP contribution in [0.2, 0.25) is 0 Å². The summed E-state index contributed by atoms with van der Waals surface area (Å²) in [6, 6.07) is 18.9. The van der Waals surface area contributed by atoms with Crippen molar-refractivity contribution in [2.45, 2.75) is 56.5 Å². The van der Waals surface area contributed by atoms with Crippen LogP contribution in [0.1, 0.15) is 62.0 Å². The highest BCUT2D eigenvalue weighted by molar-refractivity contribution is 5.36. The van der Waals surface area contributed by atoms with Gasteiger partial charge in [-0.05, 0) is 68.0 Å².